The number of aliphatic hydroxyl groups is 1. The highest BCUT2D eigenvalue weighted by molar-refractivity contribution is 5.24. The van der Waals surface area contributed by atoms with Crippen molar-refractivity contribution in [3.05, 3.63) is 35.6 Å². The van der Waals surface area contributed by atoms with Crippen LogP contribution >= 0.6 is 0 Å². The van der Waals surface area contributed by atoms with Crippen molar-refractivity contribution in [1.29, 1.82) is 0 Å². The number of benzene rings is 1. The molecule has 1 fully saturated rings. The van der Waals surface area contributed by atoms with Crippen molar-refractivity contribution in [2.24, 2.45) is 5.92 Å². The van der Waals surface area contributed by atoms with Gasteiger partial charge in [-0.15, -0.1) is 0 Å². The summed E-state index contributed by atoms with van der Waals surface area (Å²) in [6.45, 7) is 2.07. The SMILES string of the molecule is C[C@H]1CCCC[C@@]1(O)c1ccc(F)cc1. The molecule has 0 aliphatic heterocycles. The van der Waals surface area contributed by atoms with Crippen molar-refractivity contribution >= 4 is 0 Å². The van der Waals surface area contributed by atoms with Crippen molar-refractivity contribution in [2.75, 3.05) is 0 Å². The lowest BCUT2D eigenvalue weighted by Crippen LogP contribution is -2.36. The molecule has 1 saturated carbocycles. The molecule has 0 saturated heterocycles. The van der Waals surface area contributed by atoms with E-state index in [9.17, 15) is 9.50 Å². The van der Waals surface area contributed by atoms with E-state index < -0.39 is 5.60 Å². The van der Waals surface area contributed by atoms with Crippen LogP contribution in [0, 0.1) is 11.7 Å². The molecule has 0 radical (unpaired) electrons. The molecular formula is C13H17FO. The Morgan fingerprint density at radius 1 is 1.27 bits per heavy atom. The third-order valence-corrected chi connectivity index (χ3v) is 3.60. The quantitative estimate of drug-likeness (QED) is 0.751. The largest absolute Gasteiger partial charge is 0.385 e. The monoisotopic (exact) mass is 208 g/mol. The maximum Gasteiger partial charge on any atom is 0.123 e. The van der Waals surface area contributed by atoms with Crippen molar-refractivity contribution in [2.45, 2.75) is 38.2 Å². The van der Waals surface area contributed by atoms with Crippen molar-refractivity contribution in [3.8, 4) is 0 Å². The zero-order chi connectivity index (χ0) is 10.9. The summed E-state index contributed by atoms with van der Waals surface area (Å²) >= 11 is 0. The highest BCUT2D eigenvalue weighted by Crippen LogP contribution is 2.41. The van der Waals surface area contributed by atoms with Crippen molar-refractivity contribution < 1.29 is 9.50 Å². The highest BCUT2D eigenvalue weighted by Gasteiger charge is 2.37. The second kappa shape index (κ2) is 3.93. The Hall–Kier alpha value is -0.890. The lowest BCUT2D eigenvalue weighted by Gasteiger charge is -2.38. The first-order valence-electron chi connectivity index (χ1n) is 5.61. The number of rotatable bonds is 1. The minimum Gasteiger partial charge on any atom is -0.385 e. The van der Waals surface area contributed by atoms with E-state index in [2.05, 4.69) is 6.92 Å². The van der Waals surface area contributed by atoms with Gasteiger partial charge in [0.05, 0.1) is 5.60 Å². The minimum atomic E-state index is -0.744. The first-order chi connectivity index (χ1) is 7.13. The van der Waals surface area contributed by atoms with Gasteiger partial charge in [-0.05, 0) is 36.5 Å². The van der Waals surface area contributed by atoms with E-state index in [1.807, 2.05) is 0 Å². The maximum absolute atomic E-state index is 12.8. The molecule has 1 aromatic carbocycles. The molecule has 0 aromatic heterocycles. The summed E-state index contributed by atoms with van der Waals surface area (Å²) < 4.78 is 12.8. The smallest absolute Gasteiger partial charge is 0.123 e. The van der Waals surface area contributed by atoms with Gasteiger partial charge in [-0.1, -0.05) is 31.9 Å². The van der Waals surface area contributed by atoms with Crippen LogP contribution in [0.5, 0.6) is 0 Å². The standard InChI is InChI=1S/C13H17FO/c1-10-4-2-3-9-13(10,15)11-5-7-12(14)8-6-11/h5-8,10,15H,2-4,9H2,1H3/t10-,13-/m0/s1. The van der Waals surface area contributed by atoms with Gasteiger partial charge in [0.1, 0.15) is 5.82 Å². The molecule has 2 atom stereocenters. The molecule has 2 rings (SSSR count). The van der Waals surface area contributed by atoms with Gasteiger partial charge in [0.2, 0.25) is 0 Å². The van der Waals surface area contributed by atoms with Gasteiger partial charge in [0.25, 0.3) is 0 Å². The lowest BCUT2D eigenvalue weighted by molar-refractivity contribution is -0.0470. The Kier molecular flexibility index (Phi) is 2.79. The second-order valence-corrected chi connectivity index (χ2v) is 4.58. The van der Waals surface area contributed by atoms with Gasteiger partial charge < -0.3 is 5.11 Å². The molecule has 1 aliphatic rings. The fraction of sp³-hybridized carbons (Fsp3) is 0.538. The first-order valence-corrected chi connectivity index (χ1v) is 5.61. The molecule has 15 heavy (non-hydrogen) atoms. The molecular weight excluding hydrogens is 191 g/mol. The Labute approximate surface area is 89.9 Å². The molecule has 1 aromatic rings. The molecule has 0 heterocycles. The van der Waals surface area contributed by atoms with Crippen LogP contribution in [0.4, 0.5) is 4.39 Å². The molecule has 1 nitrogen and oxygen atoms in total. The Balaban J connectivity index is 2.30. The Morgan fingerprint density at radius 2 is 1.93 bits per heavy atom. The van der Waals surface area contributed by atoms with Crippen LogP contribution < -0.4 is 0 Å². The van der Waals surface area contributed by atoms with Gasteiger partial charge in [0.15, 0.2) is 0 Å². The third kappa shape index (κ3) is 1.91. The summed E-state index contributed by atoms with van der Waals surface area (Å²) in [4.78, 5) is 0. The average molecular weight is 208 g/mol. The summed E-state index contributed by atoms with van der Waals surface area (Å²) in [5.74, 6) is 0.0162. The molecule has 0 bridgehead atoms. The van der Waals surface area contributed by atoms with Crippen LogP contribution in [-0.2, 0) is 5.60 Å². The van der Waals surface area contributed by atoms with Gasteiger partial charge in [-0.2, -0.15) is 0 Å². The third-order valence-electron chi connectivity index (χ3n) is 3.60. The minimum absolute atomic E-state index is 0.245. The van der Waals surface area contributed by atoms with Crippen LogP contribution in [0.3, 0.4) is 0 Å². The fourth-order valence-electron chi connectivity index (χ4n) is 2.50. The molecule has 1 N–H and O–H groups in total. The summed E-state index contributed by atoms with van der Waals surface area (Å²) in [6, 6.07) is 6.26. The normalized spacial score (nSPS) is 31.5. The van der Waals surface area contributed by atoms with Crippen LogP contribution in [0.1, 0.15) is 38.2 Å². The summed E-state index contributed by atoms with van der Waals surface area (Å²) in [7, 11) is 0. The first kappa shape index (κ1) is 10.6. The van der Waals surface area contributed by atoms with E-state index in [0.717, 1.165) is 24.8 Å². The lowest BCUT2D eigenvalue weighted by atomic mass is 9.72. The fourth-order valence-corrected chi connectivity index (χ4v) is 2.50. The van der Waals surface area contributed by atoms with Crippen LogP contribution in [0.15, 0.2) is 24.3 Å². The number of halogens is 1. The number of hydrogen-bond acceptors (Lipinski definition) is 1. The summed E-state index contributed by atoms with van der Waals surface area (Å²) in [5, 5.41) is 10.6. The molecule has 0 spiro atoms. The summed E-state index contributed by atoms with van der Waals surface area (Å²) in [6.07, 6.45) is 4.08. The van der Waals surface area contributed by atoms with Gasteiger partial charge in [-0.25, -0.2) is 4.39 Å². The highest BCUT2D eigenvalue weighted by atomic mass is 19.1. The topological polar surface area (TPSA) is 20.2 Å². The van der Waals surface area contributed by atoms with Crippen molar-refractivity contribution in [3.63, 3.8) is 0 Å². The van der Waals surface area contributed by atoms with Crippen LogP contribution in [-0.4, -0.2) is 5.11 Å². The molecule has 2 heteroatoms. The van der Waals surface area contributed by atoms with E-state index in [1.165, 1.54) is 18.6 Å². The molecule has 1 aliphatic carbocycles. The molecule has 0 amide bonds. The summed E-state index contributed by atoms with van der Waals surface area (Å²) in [5.41, 5.74) is 0.113. The van der Waals surface area contributed by atoms with Crippen molar-refractivity contribution in [1.82, 2.24) is 0 Å². The van der Waals surface area contributed by atoms with E-state index >= 15 is 0 Å². The maximum atomic E-state index is 12.8. The Morgan fingerprint density at radius 3 is 2.53 bits per heavy atom. The van der Waals surface area contributed by atoms with E-state index in [4.69, 9.17) is 0 Å². The molecule has 82 valence electrons. The second-order valence-electron chi connectivity index (χ2n) is 4.58. The van der Waals surface area contributed by atoms with Gasteiger partial charge >= 0.3 is 0 Å². The predicted octanol–water partition coefficient (Wildman–Crippen LogP) is 3.22. The van der Waals surface area contributed by atoms with E-state index in [-0.39, 0.29) is 11.7 Å². The van der Waals surface area contributed by atoms with E-state index in [1.54, 1.807) is 12.1 Å². The van der Waals surface area contributed by atoms with E-state index in [0.29, 0.717) is 0 Å². The zero-order valence-electron chi connectivity index (χ0n) is 9.04. The van der Waals surface area contributed by atoms with Crippen LogP contribution in [0.2, 0.25) is 0 Å². The number of hydrogen-bond donors (Lipinski definition) is 1. The predicted molar refractivity (Wildman–Crippen MR) is 57.9 cm³/mol. The molecule has 0 unspecified atom stereocenters. The average Bonchev–Trinajstić information content (AvgIpc) is 2.23. The zero-order valence-corrected chi connectivity index (χ0v) is 9.04. The van der Waals surface area contributed by atoms with Gasteiger partial charge in [-0.3, -0.25) is 0 Å². The van der Waals surface area contributed by atoms with Crippen LogP contribution in [0.25, 0.3) is 0 Å². The Bertz CT molecular complexity index is 333. The van der Waals surface area contributed by atoms with Gasteiger partial charge in [0, 0.05) is 0 Å².